The molecule has 4 heterocycles. The number of aromatic nitrogens is 5. The summed E-state index contributed by atoms with van der Waals surface area (Å²) >= 11 is 0. The largest absolute Gasteiger partial charge is 0.336 e. The molecule has 0 bridgehead atoms. The highest BCUT2D eigenvalue weighted by atomic mass is 16.5. The zero-order valence-corrected chi connectivity index (χ0v) is 17.0. The van der Waals surface area contributed by atoms with E-state index >= 15 is 0 Å². The number of hydrogen-bond donors (Lipinski definition) is 1. The van der Waals surface area contributed by atoms with Gasteiger partial charge in [0, 0.05) is 30.4 Å². The number of carbonyl (C=O) groups is 1. The van der Waals surface area contributed by atoms with Gasteiger partial charge in [-0.25, -0.2) is 4.98 Å². The molecule has 0 aliphatic carbocycles. The number of rotatable bonds is 3. The van der Waals surface area contributed by atoms with E-state index in [-0.39, 0.29) is 5.91 Å². The summed E-state index contributed by atoms with van der Waals surface area (Å²) in [7, 11) is 0. The molecule has 1 aliphatic rings. The van der Waals surface area contributed by atoms with Crippen molar-refractivity contribution in [1.82, 2.24) is 24.9 Å². The molecule has 5 rings (SSSR count). The number of carbonyl (C=O) groups excluding carboxylic acids is 1. The van der Waals surface area contributed by atoms with Gasteiger partial charge in [0.15, 0.2) is 5.82 Å². The molecular formula is C22H22N6O2. The van der Waals surface area contributed by atoms with Crippen molar-refractivity contribution in [3.63, 3.8) is 0 Å². The van der Waals surface area contributed by atoms with Crippen LogP contribution < -0.4 is 5.32 Å². The Morgan fingerprint density at radius 2 is 2.03 bits per heavy atom. The summed E-state index contributed by atoms with van der Waals surface area (Å²) in [6.07, 6.45) is 5.95. The van der Waals surface area contributed by atoms with Gasteiger partial charge in [-0.1, -0.05) is 23.7 Å². The van der Waals surface area contributed by atoms with E-state index in [9.17, 15) is 4.79 Å². The third-order valence-corrected chi connectivity index (χ3v) is 5.63. The molecule has 0 fully saturated rings. The number of aryl methyl sites for hydroxylation is 3. The number of hydrogen-bond acceptors (Lipinski definition) is 6. The average molecular weight is 402 g/mol. The first-order valence-electron chi connectivity index (χ1n) is 10.2. The van der Waals surface area contributed by atoms with Crippen LogP contribution >= 0.6 is 0 Å². The highest BCUT2D eigenvalue weighted by Gasteiger charge is 2.18. The molecule has 1 N–H and O–H groups in total. The van der Waals surface area contributed by atoms with Crippen molar-refractivity contribution in [3.05, 3.63) is 53.1 Å². The molecule has 0 unspecified atom stereocenters. The molecule has 152 valence electrons. The predicted octanol–water partition coefficient (Wildman–Crippen LogP) is 4.08. The number of nitrogens with one attached hydrogen (secondary N) is 1. The second-order valence-corrected chi connectivity index (χ2v) is 7.73. The minimum absolute atomic E-state index is 0.231. The lowest BCUT2D eigenvalue weighted by atomic mass is 10.1. The number of pyridine rings is 1. The summed E-state index contributed by atoms with van der Waals surface area (Å²) in [4.78, 5) is 17.1. The number of nitrogens with zero attached hydrogens (tertiary/aromatic N) is 5. The maximum absolute atomic E-state index is 12.9. The number of benzene rings is 1. The van der Waals surface area contributed by atoms with Gasteiger partial charge in [-0.15, -0.1) is 10.2 Å². The van der Waals surface area contributed by atoms with Gasteiger partial charge in [0.25, 0.3) is 11.6 Å². The van der Waals surface area contributed by atoms with Gasteiger partial charge in [0.2, 0.25) is 0 Å². The summed E-state index contributed by atoms with van der Waals surface area (Å²) in [5.74, 6) is 1.66. The highest BCUT2D eigenvalue weighted by molar-refractivity contribution is 6.06. The zero-order chi connectivity index (χ0) is 20.7. The second kappa shape index (κ2) is 7.37. The first-order chi connectivity index (χ1) is 14.6. The Kier molecular flexibility index (Phi) is 4.54. The highest BCUT2D eigenvalue weighted by Crippen LogP contribution is 2.27. The monoisotopic (exact) mass is 402 g/mol. The lowest BCUT2D eigenvalue weighted by Crippen LogP contribution is -2.13. The van der Waals surface area contributed by atoms with E-state index in [4.69, 9.17) is 4.52 Å². The zero-order valence-electron chi connectivity index (χ0n) is 17.0. The molecule has 1 aromatic carbocycles. The van der Waals surface area contributed by atoms with Crippen LogP contribution in [0.5, 0.6) is 0 Å². The van der Waals surface area contributed by atoms with Gasteiger partial charge in [-0.05, 0) is 44.4 Å². The van der Waals surface area contributed by atoms with Crippen molar-refractivity contribution >= 4 is 22.7 Å². The van der Waals surface area contributed by atoms with E-state index in [0.717, 1.165) is 59.7 Å². The molecule has 0 spiro atoms. The van der Waals surface area contributed by atoms with Crippen LogP contribution in [-0.4, -0.2) is 30.8 Å². The molecule has 0 saturated heterocycles. The lowest BCUT2D eigenvalue weighted by molar-refractivity contribution is 0.102. The molecule has 1 aliphatic heterocycles. The second-order valence-electron chi connectivity index (χ2n) is 7.73. The molecule has 0 radical (unpaired) electrons. The van der Waals surface area contributed by atoms with Gasteiger partial charge in [0.05, 0.1) is 16.6 Å². The molecular weight excluding hydrogens is 380 g/mol. The van der Waals surface area contributed by atoms with E-state index in [2.05, 4.69) is 30.2 Å². The minimum Gasteiger partial charge on any atom is -0.336 e. The molecule has 8 heteroatoms. The first kappa shape index (κ1) is 18.5. The number of amides is 1. The van der Waals surface area contributed by atoms with Crippen LogP contribution in [0.25, 0.3) is 22.5 Å². The normalized spacial score (nSPS) is 13.8. The van der Waals surface area contributed by atoms with Crippen molar-refractivity contribution in [2.24, 2.45) is 0 Å². The number of fused-ring (bicyclic) bond motifs is 2. The van der Waals surface area contributed by atoms with Crippen molar-refractivity contribution in [2.75, 3.05) is 5.32 Å². The standard InChI is InChI=1S/C22H22N6O2/c1-13-7-8-15(20-26-25-19-6-4-3-5-9-28(19)20)11-18(13)24-21(29)16-10-17-14(2)27-30-22(17)23-12-16/h7-8,10-12H,3-6,9H2,1-2H3,(H,24,29). The van der Waals surface area contributed by atoms with Crippen molar-refractivity contribution in [2.45, 2.75) is 46.1 Å². The smallest absolute Gasteiger partial charge is 0.257 e. The summed E-state index contributed by atoms with van der Waals surface area (Å²) in [5.41, 5.74) is 4.24. The van der Waals surface area contributed by atoms with Crippen LogP contribution in [0.2, 0.25) is 0 Å². The third kappa shape index (κ3) is 3.24. The fourth-order valence-electron chi connectivity index (χ4n) is 3.86. The quantitative estimate of drug-likeness (QED) is 0.554. The molecule has 8 nitrogen and oxygen atoms in total. The van der Waals surface area contributed by atoms with E-state index < -0.39 is 0 Å². The number of anilines is 1. The van der Waals surface area contributed by atoms with Gasteiger partial charge >= 0.3 is 0 Å². The van der Waals surface area contributed by atoms with E-state index in [0.29, 0.717) is 17.0 Å². The molecule has 30 heavy (non-hydrogen) atoms. The summed E-state index contributed by atoms with van der Waals surface area (Å²) in [6.45, 7) is 4.72. The maximum Gasteiger partial charge on any atom is 0.257 e. The van der Waals surface area contributed by atoms with Crippen LogP contribution in [0, 0.1) is 13.8 Å². The Morgan fingerprint density at radius 1 is 1.13 bits per heavy atom. The average Bonchev–Trinajstić information content (AvgIpc) is 3.24. The van der Waals surface area contributed by atoms with Crippen molar-refractivity contribution < 1.29 is 9.32 Å². The molecule has 1 amide bonds. The first-order valence-corrected chi connectivity index (χ1v) is 10.2. The van der Waals surface area contributed by atoms with E-state index in [1.807, 2.05) is 32.0 Å². The Morgan fingerprint density at radius 3 is 2.93 bits per heavy atom. The molecule has 0 saturated carbocycles. The van der Waals surface area contributed by atoms with Crippen LogP contribution in [0.4, 0.5) is 5.69 Å². The Bertz CT molecular complexity index is 1260. The van der Waals surface area contributed by atoms with E-state index in [1.54, 1.807) is 6.07 Å². The molecule has 0 atom stereocenters. The van der Waals surface area contributed by atoms with Crippen molar-refractivity contribution in [1.29, 1.82) is 0 Å². The van der Waals surface area contributed by atoms with Crippen molar-refractivity contribution in [3.8, 4) is 11.4 Å². The van der Waals surface area contributed by atoms with Crippen LogP contribution in [0.3, 0.4) is 0 Å². The van der Waals surface area contributed by atoms with Gasteiger partial charge < -0.3 is 14.4 Å². The fraction of sp³-hybridized carbons (Fsp3) is 0.318. The predicted molar refractivity (Wildman–Crippen MR) is 112 cm³/mol. The van der Waals surface area contributed by atoms with Gasteiger partial charge in [-0.2, -0.15) is 0 Å². The fourth-order valence-corrected chi connectivity index (χ4v) is 3.86. The lowest BCUT2D eigenvalue weighted by Gasteiger charge is -2.12. The van der Waals surface area contributed by atoms with Gasteiger partial charge in [-0.3, -0.25) is 4.79 Å². The van der Waals surface area contributed by atoms with Crippen LogP contribution in [-0.2, 0) is 13.0 Å². The van der Waals surface area contributed by atoms with Crippen LogP contribution in [0.1, 0.15) is 46.7 Å². The molecule has 3 aromatic heterocycles. The summed E-state index contributed by atoms with van der Waals surface area (Å²) in [6, 6.07) is 7.74. The maximum atomic E-state index is 12.9. The summed E-state index contributed by atoms with van der Waals surface area (Å²) < 4.78 is 7.33. The van der Waals surface area contributed by atoms with Gasteiger partial charge in [0.1, 0.15) is 5.82 Å². The Balaban J connectivity index is 1.46. The Hall–Kier alpha value is -3.55. The molecule has 4 aromatic rings. The summed E-state index contributed by atoms with van der Waals surface area (Å²) in [5, 5.41) is 16.5. The minimum atomic E-state index is -0.231. The SMILES string of the molecule is Cc1ccc(-c2nnc3n2CCCCC3)cc1NC(=O)c1cnc2onc(C)c2c1. The third-order valence-electron chi connectivity index (χ3n) is 5.63. The Labute approximate surface area is 173 Å². The van der Waals surface area contributed by atoms with Crippen LogP contribution in [0.15, 0.2) is 35.0 Å². The van der Waals surface area contributed by atoms with E-state index in [1.165, 1.54) is 12.6 Å². The topological polar surface area (TPSA) is 98.7 Å².